The molecule has 0 saturated heterocycles. The summed E-state index contributed by atoms with van der Waals surface area (Å²) >= 11 is 0. The highest BCUT2D eigenvalue weighted by Crippen LogP contribution is 2.23. The zero-order valence-electron chi connectivity index (χ0n) is 20.9. The van der Waals surface area contributed by atoms with Crippen LogP contribution in [0.25, 0.3) is 0 Å². The molecular formula is C30H31N3O3. The van der Waals surface area contributed by atoms with Crippen LogP contribution in [0.15, 0.2) is 89.4 Å². The Bertz CT molecular complexity index is 1240. The molecule has 6 heteroatoms. The van der Waals surface area contributed by atoms with E-state index >= 15 is 0 Å². The maximum atomic E-state index is 11.3. The molecule has 0 spiro atoms. The molecule has 1 heterocycles. The van der Waals surface area contributed by atoms with E-state index in [2.05, 4.69) is 33.6 Å². The van der Waals surface area contributed by atoms with Gasteiger partial charge in [-0.15, -0.1) is 0 Å². The van der Waals surface area contributed by atoms with Crippen LogP contribution in [-0.4, -0.2) is 24.2 Å². The van der Waals surface area contributed by atoms with Crippen LogP contribution in [0.1, 0.15) is 49.3 Å². The Labute approximate surface area is 213 Å². The van der Waals surface area contributed by atoms with E-state index in [1.54, 1.807) is 19.3 Å². The molecule has 36 heavy (non-hydrogen) atoms. The van der Waals surface area contributed by atoms with Crippen LogP contribution in [0.2, 0.25) is 0 Å². The van der Waals surface area contributed by atoms with Gasteiger partial charge in [0.2, 0.25) is 0 Å². The average Bonchev–Trinajstić information content (AvgIpc) is 2.89. The normalized spacial score (nSPS) is 10.5. The van der Waals surface area contributed by atoms with E-state index in [-0.39, 0.29) is 5.97 Å². The van der Waals surface area contributed by atoms with Crippen LogP contribution in [0.4, 0.5) is 11.4 Å². The number of rotatable bonds is 11. The summed E-state index contributed by atoms with van der Waals surface area (Å²) in [6.45, 7) is 8.31. The van der Waals surface area contributed by atoms with Crippen molar-refractivity contribution in [2.45, 2.75) is 39.5 Å². The topological polar surface area (TPSA) is 73.1 Å². The third-order valence-electron chi connectivity index (χ3n) is 5.24. The minimum Gasteiger partial charge on any atom is -0.494 e. The van der Waals surface area contributed by atoms with E-state index in [0.29, 0.717) is 18.8 Å². The lowest BCUT2D eigenvalue weighted by molar-refractivity contribution is -0.139. The van der Waals surface area contributed by atoms with Gasteiger partial charge in [0.15, 0.2) is 0 Å². The van der Waals surface area contributed by atoms with Gasteiger partial charge in [0.05, 0.1) is 24.6 Å². The third kappa shape index (κ3) is 9.19. The number of azo groups is 1. The molecule has 0 radical (unpaired) electrons. The summed E-state index contributed by atoms with van der Waals surface area (Å²) in [6.07, 6.45) is 7.26. The molecule has 184 valence electrons. The number of carbonyl (C=O) groups is 1. The average molecular weight is 482 g/mol. The van der Waals surface area contributed by atoms with Gasteiger partial charge in [-0.05, 0) is 99.7 Å². The molecule has 1 aromatic heterocycles. The van der Waals surface area contributed by atoms with E-state index in [4.69, 9.17) is 9.47 Å². The molecule has 0 aliphatic heterocycles. The monoisotopic (exact) mass is 481 g/mol. The van der Waals surface area contributed by atoms with Gasteiger partial charge in [-0.3, -0.25) is 4.98 Å². The predicted octanol–water partition coefficient (Wildman–Crippen LogP) is 7.26. The fourth-order valence-electron chi connectivity index (χ4n) is 3.19. The van der Waals surface area contributed by atoms with Crippen molar-refractivity contribution in [3.63, 3.8) is 0 Å². The van der Waals surface area contributed by atoms with Gasteiger partial charge in [-0.2, -0.15) is 10.2 Å². The number of esters is 1. The van der Waals surface area contributed by atoms with Gasteiger partial charge in [0, 0.05) is 29.1 Å². The minimum atomic E-state index is -0.322. The van der Waals surface area contributed by atoms with Gasteiger partial charge in [0.1, 0.15) is 5.75 Å². The lowest BCUT2D eigenvalue weighted by atomic mass is 10.1. The standard InChI is InChI=1S/C30H31N3O3/c1-23(2)30(34)36-21-7-5-4-6-20-35-29-14-12-27(13-15-29)32-33-28-11-10-26(24(3)22-28)9-8-25-16-18-31-19-17-25/h10-19,22H,1,4-7,20-21H2,2-3H3/b33-32+. The molecule has 3 rings (SSSR count). The molecule has 0 bridgehead atoms. The van der Waals surface area contributed by atoms with Crippen LogP contribution in [0.5, 0.6) is 5.75 Å². The Morgan fingerprint density at radius 3 is 2.25 bits per heavy atom. The second-order valence-corrected chi connectivity index (χ2v) is 8.36. The zero-order chi connectivity index (χ0) is 25.6. The lowest BCUT2D eigenvalue weighted by Crippen LogP contribution is -2.06. The van der Waals surface area contributed by atoms with E-state index in [9.17, 15) is 4.79 Å². The summed E-state index contributed by atoms with van der Waals surface area (Å²) < 4.78 is 10.9. The number of benzene rings is 2. The number of aromatic nitrogens is 1. The highest BCUT2D eigenvalue weighted by Gasteiger charge is 2.02. The first-order valence-corrected chi connectivity index (χ1v) is 12.0. The molecular weight excluding hydrogens is 450 g/mol. The second kappa shape index (κ2) is 14.2. The van der Waals surface area contributed by atoms with Crippen LogP contribution >= 0.6 is 0 Å². The Kier molecular flexibility index (Phi) is 10.4. The van der Waals surface area contributed by atoms with Crippen LogP contribution < -0.4 is 4.74 Å². The summed E-state index contributed by atoms with van der Waals surface area (Å²) in [5.41, 5.74) is 4.90. The smallest absolute Gasteiger partial charge is 0.333 e. The minimum absolute atomic E-state index is 0.322. The Morgan fingerprint density at radius 2 is 1.56 bits per heavy atom. The number of pyridine rings is 1. The zero-order valence-corrected chi connectivity index (χ0v) is 20.9. The lowest BCUT2D eigenvalue weighted by Gasteiger charge is -2.07. The first-order chi connectivity index (χ1) is 17.5. The number of unbranched alkanes of at least 4 members (excludes halogenated alkanes) is 3. The Balaban J connectivity index is 1.39. The molecule has 0 amide bonds. The molecule has 6 nitrogen and oxygen atoms in total. The van der Waals surface area contributed by atoms with Crippen molar-refractivity contribution >= 4 is 17.3 Å². The van der Waals surface area contributed by atoms with E-state index in [0.717, 1.165) is 59.5 Å². The van der Waals surface area contributed by atoms with E-state index in [1.807, 2.05) is 61.5 Å². The Hall–Kier alpha value is -4.24. The van der Waals surface area contributed by atoms with Gasteiger partial charge in [-0.1, -0.05) is 18.4 Å². The molecule has 0 unspecified atom stereocenters. The molecule has 2 aromatic carbocycles. The summed E-state index contributed by atoms with van der Waals surface area (Å²) in [6, 6.07) is 17.2. The number of ether oxygens (including phenoxy) is 2. The molecule has 0 saturated carbocycles. The quantitative estimate of drug-likeness (QED) is 0.0949. The van der Waals surface area contributed by atoms with Gasteiger partial charge in [-0.25, -0.2) is 4.79 Å². The van der Waals surface area contributed by atoms with Crippen LogP contribution in [0, 0.1) is 18.8 Å². The molecule has 3 aromatic rings. The number of hydrogen-bond donors (Lipinski definition) is 0. The van der Waals surface area contributed by atoms with Gasteiger partial charge < -0.3 is 9.47 Å². The number of nitrogens with zero attached hydrogens (tertiary/aromatic N) is 3. The van der Waals surface area contributed by atoms with Crippen molar-refractivity contribution in [1.82, 2.24) is 4.98 Å². The van der Waals surface area contributed by atoms with Crippen LogP contribution in [0.3, 0.4) is 0 Å². The number of aryl methyl sites for hydroxylation is 1. The van der Waals surface area contributed by atoms with Crippen molar-refractivity contribution in [3.05, 3.63) is 95.8 Å². The van der Waals surface area contributed by atoms with Crippen molar-refractivity contribution in [1.29, 1.82) is 0 Å². The second-order valence-electron chi connectivity index (χ2n) is 8.36. The maximum Gasteiger partial charge on any atom is 0.333 e. The number of hydrogen-bond acceptors (Lipinski definition) is 6. The third-order valence-corrected chi connectivity index (χ3v) is 5.24. The summed E-state index contributed by atoms with van der Waals surface area (Å²) in [5.74, 6) is 6.82. The molecule has 0 N–H and O–H groups in total. The number of carbonyl (C=O) groups excluding carboxylic acids is 1. The molecule has 0 fully saturated rings. The predicted molar refractivity (Wildman–Crippen MR) is 142 cm³/mol. The molecule has 0 atom stereocenters. The van der Waals surface area contributed by atoms with Crippen LogP contribution in [-0.2, 0) is 9.53 Å². The SMILES string of the molecule is C=C(C)C(=O)OCCCCCCOc1ccc(/N=N/c2ccc(C#Cc3ccncc3)c(C)c2)cc1. The van der Waals surface area contributed by atoms with Gasteiger partial charge in [0.25, 0.3) is 0 Å². The van der Waals surface area contributed by atoms with E-state index in [1.165, 1.54) is 0 Å². The van der Waals surface area contributed by atoms with Crippen molar-refractivity contribution < 1.29 is 14.3 Å². The summed E-state index contributed by atoms with van der Waals surface area (Å²) in [4.78, 5) is 15.3. The highest BCUT2D eigenvalue weighted by atomic mass is 16.5. The molecule has 0 aliphatic rings. The Morgan fingerprint density at radius 1 is 0.889 bits per heavy atom. The highest BCUT2D eigenvalue weighted by molar-refractivity contribution is 5.86. The summed E-state index contributed by atoms with van der Waals surface area (Å²) in [7, 11) is 0. The van der Waals surface area contributed by atoms with E-state index < -0.39 is 0 Å². The fraction of sp³-hybridized carbons (Fsp3) is 0.267. The van der Waals surface area contributed by atoms with Crippen molar-refractivity contribution in [2.75, 3.05) is 13.2 Å². The first kappa shape index (κ1) is 26.4. The van der Waals surface area contributed by atoms with Gasteiger partial charge >= 0.3 is 5.97 Å². The summed E-state index contributed by atoms with van der Waals surface area (Å²) in [5, 5.41) is 8.68. The first-order valence-electron chi connectivity index (χ1n) is 12.0. The van der Waals surface area contributed by atoms with Crippen molar-refractivity contribution in [2.24, 2.45) is 10.2 Å². The maximum absolute atomic E-state index is 11.3. The fourth-order valence-corrected chi connectivity index (χ4v) is 3.19. The molecule has 0 aliphatic carbocycles. The van der Waals surface area contributed by atoms with Crippen molar-refractivity contribution in [3.8, 4) is 17.6 Å². The largest absolute Gasteiger partial charge is 0.494 e.